The van der Waals surface area contributed by atoms with Crippen LogP contribution in [0.1, 0.15) is 31.2 Å². The van der Waals surface area contributed by atoms with Gasteiger partial charge in [0, 0.05) is 17.3 Å². The number of anilines is 1. The van der Waals surface area contributed by atoms with Gasteiger partial charge in [-0.1, -0.05) is 30.8 Å². The predicted molar refractivity (Wildman–Crippen MR) is 75.2 cm³/mol. The van der Waals surface area contributed by atoms with Gasteiger partial charge in [0.2, 0.25) is 0 Å². The molecule has 1 aromatic rings. The first-order valence-corrected chi connectivity index (χ1v) is 6.80. The van der Waals surface area contributed by atoms with E-state index in [4.69, 9.17) is 18.0 Å². The van der Waals surface area contributed by atoms with Crippen molar-refractivity contribution in [3.63, 3.8) is 0 Å². The van der Waals surface area contributed by atoms with Crippen LogP contribution in [0.15, 0.2) is 24.3 Å². The average Bonchev–Trinajstić information content (AvgIpc) is 2.91. The van der Waals surface area contributed by atoms with E-state index in [0.29, 0.717) is 11.0 Å². The molecule has 0 radical (unpaired) electrons. The lowest BCUT2D eigenvalue weighted by Gasteiger charge is -2.25. The van der Waals surface area contributed by atoms with Crippen LogP contribution in [0.5, 0.6) is 0 Å². The molecule has 0 amide bonds. The maximum Gasteiger partial charge on any atom is 0.106 e. The van der Waals surface area contributed by atoms with Gasteiger partial charge in [-0.2, -0.15) is 0 Å². The fourth-order valence-corrected chi connectivity index (χ4v) is 3.62. The molecule has 3 atom stereocenters. The highest BCUT2D eigenvalue weighted by atomic mass is 32.1. The molecule has 0 aromatic heterocycles. The molecule has 0 heterocycles. The van der Waals surface area contributed by atoms with Crippen LogP contribution in [0.2, 0.25) is 0 Å². The Labute approximate surface area is 108 Å². The fourth-order valence-electron chi connectivity index (χ4n) is 3.45. The van der Waals surface area contributed by atoms with Gasteiger partial charge in [-0.3, -0.25) is 0 Å². The monoisotopic (exact) mass is 246 g/mol. The van der Waals surface area contributed by atoms with Gasteiger partial charge in [0.15, 0.2) is 0 Å². The Kier molecular flexibility index (Phi) is 2.79. The van der Waals surface area contributed by atoms with Crippen molar-refractivity contribution in [3.8, 4) is 0 Å². The van der Waals surface area contributed by atoms with E-state index in [1.165, 1.54) is 25.7 Å². The molecule has 3 N–H and O–H groups in total. The van der Waals surface area contributed by atoms with E-state index < -0.39 is 0 Å². The molecule has 2 saturated carbocycles. The maximum absolute atomic E-state index is 5.76. The first kappa shape index (κ1) is 11.0. The van der Waals surface area contributed by atoms with Crippen molar-refractivity contribution < 1.29 is 0 Å². The quantitative estimate of drug-likeness (QED) is 0.805. The fraction of sp³-hybridized carbons (Fsp3) is 0.500. The van der Waals surface area contributed by atoms with Crippen molar-refractivity contribution in [2.24, 2.45) is 17.6 Å². The van der Waals surface area contributed by atoms with E-state index in [0.717, 1.165) is 23.1 Å². The van der Waals surface area contributed by atoms with Gasteiger partial charge in [-0.15, -0.1) is 0 Å². The lowest BCUT2D eigenvalue weighted by Crippen LogP contribution is -2.27. The van der Waals surface area contributed by atoms with Gasteiger partial charge >= 0.3 is 0 Å². The zero-order chi connectivity index (χ0) is 11.8. The normalized spacial score (nSPS) is 30.5. The highest BCUT2D eigenvalue weighted by Gasteiger charge is 2.39. The van der Waals surface area contributed by atoms with Gasteiger partial charge in [-0.05, 0) is 43.2 Å². The zero-order valence-corrected chi connectivity index (χ0v) is 10.7. The highest BCUT2D eigenvalue weighted by Crippen LogP contribution is 2.45. The molecule has 0 aliphatic heterocycles. The Morgan fingerprint density at radius 1 is 1.24 bits per heavy atom. The number of para-hydroxylation sites is 1. The number of fused-ring (bicyclic) bond motifs is 2. The van der Waals surface area contributed by atoms with Crippen LogP contribution in [0.4, 0.5) is 5.69 Å². The molecular formula is C14H18N2S. The summed E-state index contributed by atoms with van der Waals surface area (Å²) in [6.07, 6.45) is 5.54. The lowest BCUT2D eigenvalue weighted by atomic mass is 9.95. The molecule has 90 valence electrons. The second-order valence-electron chi connectivity index (χ2n) is 5.34. The van der Waals surface area contributed by atoms with Gasteiger partial charge in [-0.25, -0.2) is 0 Å². The van der Waals surface area contributed by atoms with Crippen LogP contribution >= 0.6 is 12.2 Å². The number of thiocarbonyl (C=S) groups is 1. The maximum atomic E-state index is 5.76. The standard InChI is InChI=1S/C14H18N2S/c15-14(17)11-3-1-2-4-12(11)16-13-8-9-5-6-10(13)7-9/h1-4,9-10,13,16H,5-8H2,(H2,15,17). The van der Waals surface area contributed by atoms with Gasteiger partial charge in [0.1, 0.15) is 4.99 Å². The van der Waals surface area contributed by atoms with Gasteiger partial charge in [0.05, 0.1) is 0 Å². The van der Waals surface area contributed by atoms with Crippen molar-refractivity contribution in [3.05, 3.63) is 29.8 Å². The van der Waals surface area contributed by atoms with Gasteiger partial charge in [0.25, 0.3) is 0 Å². The molecule has 2 bridgehead atoms. The molecule has 2 aliphatic carbocycles. The average molecular weight is 246 g/mol. The number of nitrogens with two attached hydrogens (primary N) is 1. The Morgan fingerprint density at radius 2 is 2.06 bits per heavy atom. The van der Waals surface area contributed by atoms with E-state index in [2.05, 4.69) is 11.4 Å². The molecule has 1 aromatic carbocycles. The van der Waals surface area contributed by atoms with Crippen molar-refractivity contribution in [2.75, 3.05) is 5.32 Å². The third-order valence-corrected chi connectivity index (χ3v) is 4.49. The number of nitrogens with one attached hydrogen (secondary N) is 1. The van der Waals surface area contributed by atoms with Crippen molar-refractivity contribution >= 4 is 22.9 Å². The summed E-state index contributed by atoms with van der Waals surface area (Å²) in [5, 5.41) is 3.65. The molecule has 2 fully saturated rings. The summed E-state index contributed by atoms with van der Waals surface area (Å²) < 4.78 is 0. The number of benzene rings is 1. The Morgan fingerprint density at radius 3 is 2.71 bits per heavy atom. The first-order chi connectivity index (χ1) is 8.24. The lowest BCUT2D eigenvalue weighted by molar-refractivity contribution is 0.440. The molecule has 3 unspecified atom stereocenters. The molecule has 2 aliphatic rings. The van der Waals surface area contributed by atoms with Crippen LogP contribution in [0.25, 0.3) is 0 Å². The van der Waals surface area contributed by atoms with E-state index in [-0.39, 0.29) is 0 Å². The van der Waals surface area contributed by atoms with E-state index in [1.807, 2.05) is 18.2 Å². The summed E-state index contributed by atoms with van der Waals surface area (Å²) in [6, 6.07) is 8.74. The van der Waals surface area contributed by atoms with Crippen LogP contribution in [-0.2, 0) is 0 Å². The van der Waals surface area contributed by atoms with Gasteiger partial charge < -0.3 is 11.1 Å². The summed E-state index contributed by atoms with van der Waals surface area (Å²) in [7, 11) is 0. The van der Waals surface area contributed by atoms with Crippen LogP contribution < -0.4 is 11.1 Å². The van der Waals surface area contributed by atoms with Crippen molar-refractivity contribution in [2.45, 2.75) is 31.7 Å². The molecule has 3 rings (SSSR count). The highest BCUT2D eigenvalue weighted by molar-refractivity contribution is 7.80. The predicted octanol–water partition coefficient (Wildman–Crippen LogP) is 2.92. The molecular weight excluding hydrogens is 228 g/mol. The second kappa shape index (κ2) is 4.30. The van der Waals surface area contributed by atoms with Crippen LogP contribution in [0, 0.1) is 11.8 Å². The van der Waals surface area contributed by atoms with Crippen LogP contribution in [-0.4, -0.2) is 11.0 Å². The Hall–Kier alpha value is -1.09. The molecule has 0 saturated heterocycles. The molecule has 17 heavy (non-hydrogen) atoms. The minimum Gasteiger partial charge on any atom is -0.389 e. The van der Waals surface area contributed by atoms with E-state index >= 15 is 0 Å². The first-order valence-electron chi connectivity index (χ1n) is 6.39. The minimum absolute atomic E-state index is 0.483. The zero-order valence-electron chi connectivity index (χ0n) is 9.86. The Bertz CT molecular complexity index is 444. The summed E-state index contributed by atoms with van der Waals surface area (Å²) in [4.78, 5) is 0.483. The summed E-state index contributed by atoms with van der Waals surface area (Å²) in [5.74, 6) is 1.81. The van der Waals surface area contributed by atoms with Crippen molar-refractivity contribution in [1.82, 2.24) is 0 Å². The van der Waals surface area contributed by atoms with Crippen LogP contribution in [0.3, 0.4) is 0 Å². The largest absolute Gasteiger partial charge is 0.389 e. The molecule has 0 spiro atoms. The summed E-state index contributed by atoms with van der Waals surface area (Å²) in [6.45, 7) is 0. The number of rotatable bonds is 3. The Balaban J connectivity index is 1.79. The number of hydrogen-bond donors (Lipinski definition) is 2. The van der Waals surface area contributed by atoms with E-state index in [9.17, 15) is 0 Å². The molecule has 3 heteroatoms. The number of hydrogen-bond acceptors (Lipinski definition) is 2. The SMILES string of the molecule is NC(=S)c1ccccc1NC1CC2CCC1C2. The molecule has 2 nitrogen and oxygen atoms in total. The topological polar surface area (TPSA) is 38.0 Å². The summed E-state index contributed by atoms with van der Waals surface area (Å²) >= 11 is 5.09. The smallest absolute Gasteiger partial charge is 0.106 e. The van der Waals surface area contributed by atoms with E-state index in [1.54, 1.807) is 0 Å². The minimum atomic E-state index is 0.483. The third kappa shape index (κ3) is 2.04. The third-order valence-electron chi connectivity index (χ3n) is 4.27. The van der Waals surface area contributed by atoms with Crippen molar-refractivity contribution in [1.29, 1.82) is 0 Å². The summed E-state index contributed by atoms with van der Waals surface area (Å²) in [5.41, 5.74) is 7.84. The second-order valence-corrected chi connectivity index (χ2v) is 5.78.